The first-order chi connectivity index (χ1) is 12.6. The number of hydrogen-bond acceptors (Lipinski definition) is 6. The molecule has 1 saturated carbocycles. The number of nitrogens with one attached hydrogen (secondary N) is 3. The first-order valence-electron chi connectivity index (χ1n) is 8.67. The molecule has 1 aromatic rings. The minimum absolute atomic E-state index is 0.0244. The number of rotatable bonds is 9. The topological polar surface area (TPSA) is 140 Å². The summed E-state index contributed by atoms with van der Waals surface area (Å²) in [5.41, 5.74) is 5.92. The second-order valence-corrected chi connectivity index (χ2v) is 8.51. The highest BCUT2D eigenvalue weighted by molar-refractivity contribution is 7.89. The standard InChI is InChI=1S/C17H26N4O5S/c1-10(2)16(18)17(23)19-9-15(22)20-13-8-12(6-7-14(13)26-3)27(24,25)21-11-4-5-11/h6-8,10-11,16,21H,4-5,9,18H2,1-3H3,(H,19,23)(H,20,22)/t16-/m0/s1. The molecular formula is C17H26N4O5S. The highest BCUT2D eigenvalue weighted by Gasteiger charge is 2.28. The molecule has 0 bridgehead atoms. The van der Waals surface area contributed by atoms with Gasteiger partial charge in [0.25, 0.3) is 0 Å². The number of carbonyl (C=O) groups is 2. The Morgan fingerprint density at radius 2 is 1.96 bits per heavy atom. The van der Waals surface area contributed by atoms with Gasteiger partial charge in [-0.1, -0.05) is 13.8 Å². The number of nitrogens with two attached hydrogens (primary N) is 1. The average Bonchev–Trinajstić information content (AvgIpc) is 3.42. The van der Waals surface area contributed by atoms with Crippen LogP contribution in [0.5, 0.6) is 5.75 Å². The number of ether oxygens (including phenoxy) is 1. The predicted octanol–water partition coefficient (Wildman–Crippen LogP) is 0.174. The van der Waals surface area contributed by atoms with Crippen molar-refractivity contribution in [2.45, 2.75) is 43.7 Å². The van der Waals surface area contributed by atoms with Crippen LogP contribution >= 0.6 is 0 Å². The van der Waals surface area contributed by atoms with Crippen molar-refractivity contribution >= 4 is 27.5 Å². The van der Waals surface area contributed by atoms with E-state index in [0.717, 1.165) is 12.8 Å². The maximum absolute atomic E-state index is 12.3. The largest absolute Gasteiger partial charge is 0.495 e. The van der Waals surface area contributed by atoms with Crippen LogP contribution in [0.15, 0.2) is 23.1 Å². The minimum atomic E-state index is -3.67. The van der Waals surface area contributed by atoms with Gasteiger partial charge in [0.1, 0.15) is 5.75 Å². The molecule has 0 spiro atoms. The zero-order valence-electron chi connectivity index (χ0n) is 15.6. The summed E-state index contributed by atoms with van der Waals surface area (Å²) < 4.78 is 32.4. The van der Waals surface area contributed by atoms with Crippen LogP contribution in [0.4, 0.5) is 5.69 Å². The molecule has 10 heteroatoms. The van der Waals surface area contributed by atoms with Crippen LogP contribution in [0.2, 0.25) is 0 Å². The monoisotopic (exact) mass is 398 g/mol. The van der Waals surface area contributed by atoms with Crippen LogP contribution < -0.4 is 25.8 Å². The Labute approximate surface area is 159 Å². The van der Waals surface area contributed by atoms with E-state index in [1.54, 1.807) is 13.8 Å². The second kappa shape index (κ2) is 8.68. The lowest BCUT2D eigenvalue weighted by molar-refractivity contribution is -0.125. The smallest absolute Gasteiger partial charge is 0.243 e. The Kier molecular flexibility index (Phi) is 6.79. The highest BCUT2D eigenvalue weighted by Crippen LogP contribution is 2.29. The van der Waals surface area contributed by atoms with Crippen molar-refractivity contribution in [3.63, 3.8) is 0 Å². The summed E-state index contributed by atoms with van der Waals surface area (Å²) in [6, 6.07) is 3.45. The van der Waals surface area contributed by atoms with E-state index in [1.807, 2.05) is 0 Å². The summed E-state index contributed by atoms with van der Waals surface area (Å²) in [4.78, 5) is 24.0. The van der Waals surface area contributed by atoms with Crippen molar-refractivity contribution in [1.82, 2.24) is 10.0 Å². The van der Waals surface area contributed by atoms with E-state index in [9.17, 15) is 18.0 Å². The zero-order valence-corrected chi connectivity index (χ0v) is 16.4. The first kappa shape index (κ1) is 21.1. The van der Waals surface area contributed by atoms with Gasteiger partial charge in [-0.25, -0.2) is 13.1 Å². The van der Waals surface area contributed by atoms with E-state index in [0.29, 0.717) is 5.75 Å². The van der Waals surface area contributed by atoms with Crippen LogP contribution in [-0.2, 0) is 19.6 Å². The fraction of sp³-hybridized carbons (Fsp3) is 0.529. The third-order valence-corrected chi connectivity index (χ3v) is 5.62. The van der Waals surface area contributed by atoms with Gasteiger partial charge in [-0.2, -0.15) is 0 Å². The predicted molar refractivity (Wildman–Crippen MR) is 101 cm³/mol. The van der Waals surface area contributed by atoms with E-state index >= 15 is 0 Å². The molecule has 0 aromatic heterocycles. The maximum atomic E-state index is 12.3. The molecule has 1 aliphatic rings. The van der Waals surface area contributed by atoms with Crippen molar-refractivity contribution < 1.29 is 22.7 Å². The van der Waals surface area contributed by atoms with Gasteiger partial charge in [0.2, 0.25) is 21.8 Å². The SMILES string of the molecule is COc1ccc(S(=O)(=O)NC2CC2)cc1NC(=O)CNC(=O)[C@@H](N)C(C)C. The lowest BCUT2D eigenvalue weighted by Gasteiger charge is -2.16. The van der Waals surface area contributed by atoms with Crippen LogP contribution in [0, 0.1) is 5.92 Å². The molecule has 1 aromatic carbocycles. The third kappa shape index (κ3) is 5.91. The van der Waals surface area contributed by atoms with E-state index in [1.165, 1.54) is 25.3 Å². The summed E-state index contributed by atoms with van der Waals surface area (Å²) in [5.74, 6) is -0.715. The van der Waals surface area contributed by atoms with Gasteiger partial charge in [0.05, 0.1) is 30.3 Å². The number of benzene rings is 1. The Morgan fingerprint density at radius 1 is 1.30 bits per heavy atom. The van der Waals surface area contributed by atoms with Gasteiger partial charge in [-0.15, -0.1) is 0 Å². The Morgan fingerprint density at radius 3 is 2.52 bits per heavy atom. The average molecular weight is 398 g/mol. The van der Waals surface area contributed by atoms with E-state index < -0.39 is 27.9 Å². The lowest BCUT2D eigenvalue weighted by Crippen LogP contribution is -2.46. The molecule has 2 amide bonds. The van der Waals surface area contributed by atoms with Crippen LogP contribution in [0.1, 0.15) is 26.7 Å². The highest BCUT2D eigenvalue weighted by atomic mass is 32.2. The lowest BCUT2D eigenvalue weighted by atomic mass is 10.1. The maximum Gasteiger partial charge on any atom is 0.243 e. The zero-order chi connectivity index (χ0) is 20.2. The number of sulfonamides is 1. The van der Waals surface area contributed by atoms with Crippen LogP contribution in [-0.4, -0.2) is 46.0 Å². The minimum Gasteiger partial charge on any atom is -0.495 e. The van der Waals surface area contributed by atoms with Crippen molar-refractivity contribution in [2.75, 3.05) is 19.0 Å². The molecule has 1 aliphatic carbocycles. The molecule has 150 valence electrons. The number of carbonyl (C=O) groups excluding carboxylic acids is 2. The number of methoxy groups -OCH3 is 1. The number of hydrogen-bond donors (Lipinski definition) is 4. The van der Waals surface area contributed by atoms with Gasteiger partial charge >= 0.3 is 0 Å². The van der Waals surface area contributed by atoms with E-state index in [2.05, 4.69) is 15.4 Å². The Bertz CT molecular complexity index is 806. The number of amides is 2. The molecule has 27 heavy (non-hydrogen) atoms. The summed E-state index contributed by atoms with van der Waals surface area (Å²) in [6.07, 6.45) is 1.63. The Balaban J connectivity index is 2.06. The summed E-state index contributed by atoms with van der Waals surface area (Å²) >= 11 is 0. The Hall–Kier alpha value is -2.17. The van der Waals surface area contributed by atoms with Gasteiger partial charge in [0, 0.05) is 6.04 Å². The van der Waals surface area contributed by atoms with Crippen LogP contribution in [0.25, 0.3) is 0 Å². The third-order valence-electron chi connectivity index (χ3n) is 4.10. The van der Waals surface area contributed by atoms with Crippen molar-refractivity contribution in [3.8, 4) is 5.75 Å². The van der Waals surface area contributed by atoms with Gasteiger partial charge in [0.15, 0.2) is 0 Å². The quantitative estimate of drug-likeness (QED) is 0.468. The first-order valence-corrected chi connectivity index (χ1v) is 10.2. The molecular weight excluding hydrogens is 372 g/mol. The van der Waals surface area contributed by atoms with Crippen molar-refractivity contribution in [3.05, 3.63) is 18.2 Å². The molecule has 0 saturated heterocycles. The van der Waals surface area contributed by atoms with Crippen molar-refractivity contribution in [2.24, 2.45) is 11.7 Å². The van der Waals surface area contributed by atoms with Crippen LogP contribution in [0.3, 0.4) is 0 Å². The fourth-order valence-electron chi connectivity index (χ4n) is 2.22. The molecule has 9 nitrogen and oxygen atoms in total. The molecule has 0 heterocycles. The summed E-state index contributed by atoms with van der Waals surface area (Å²) in [7, 11) is -2.26. The fourth-order valence-corrected chi connectivity index (χ4v) is 3.55. The van der Waals surface area contributed by atoms with E-state index in [-0.39, 0.29) is 29.1 Å². The van der Waals surface area contributed by atoms with Gasteiger partial charge in [-0.05, 0) is 37.0 Å². The molecule has 0 aliphatic heterocycles. The van der Waals surface area contributed by atoms with Gasteiger partial charge < -0.3 is 21.1 Å². The van der Waals surface area contributed by atoms with Crippen molar-refractivity contribution in [1.29, 1.82) is 0 Å². The van der Waals surface area contributed by atoms with E-state index in [4.69, 9.17) is 10.5 Å². The molecule has 2 rings (SSSR count). The molecule has 1 fully saturated rings. The number of anilines is 1. The molecule has 0 radical (unpaired) electrons. The normalized spacial score (nSPS) is 15.3. The van der Waals surface area contributed by atoms with Gasteiger partial charge in [-0.3, -0.25) is 9.59 Å². The molecule has 5 N–H and O–H groups in total. The molecule has 0 unspecified atom stereocenters. The summed E-state index contributed by atoms with van der Waals surface area (Å²) in [6.45, 7) is 3.31. The second-order valence-electron chi connectivity index (χ2n) is 6.79. The molecule has 1 atom stereocenters. The summed E-state index contributed by atoms with van der Waals surface area (Å²) in [5, 5.41) is 5.01.